The second kappa shape index (κ2) is 8.81. The SMILES string of the molecule is CCNS(=O)(=O)c1cccc(C(=O)NCc2cnn(Cc3ccccc3)c2)c1. The molecule has 28 heavy (non-hydrogen) atoms. The highest BCUT2D eigenvalue weighted by Gasteiger charge is 2.15. The Labute approximate surface area is 164 Å². The van der Waals surface area contributed by atoms with E-state index in [1.807, 2.05) is 36.5 Å². The molecule has 1 aromatic heterocycles. The van der Waals surface area contributed by atoms with Gasteiger partial charge in [0.25, 0.3) is 5.91 Å². The van der Waals surface area contributed by atoms with Crippen molar-refractivity contribution < 1.29 is 13.2 Å². The van der Waals surface area contributed by atoms with Crippen LogP contribution in [0.15, 0.2) is 71.9 Å². The molecule has 0 saturated heterocycles. The lowest BCUT2D eigenvalue weighted by molar-refractivity contribution is 0.0950. The van der Waals surface area contributed by atoms with Gasteiger partial charge in [0, 0.05) is 30.4 Å². The Morgan fingerprint density at radius 1 is 1.07 bits per heavy atom. The first-order valence-corrected chi connectivity index (χ1v) is 10.4. The highest BCUT2D eigenvalue weighted by atomic mass is 32.2. The predicted octanol–water partition coefficient (Wildman–Crippen LogP) is 2.16. The average molecular weight is 398 g/mol. The maximum atomic E-state index is 12.4. The van der Waals surface area contributed by atoms with Crippen LogP contribution in [-0.4, -0.2) is 30.7 Å². The normalized spacial score (nSPS) is 11.3. The van der Waals surface area contributed by atoms with Crippen LogP contribution in [0.1, 0.15) is 28.4 Å². The van der Waals surface area contributed by atoms with E-state index in [0.717, 1.165) is 11.1 Å². The number of rotatable bonds is 8. The number of carbonyl (C=O) groups excluding carboxylic acids is 1. The Hall–Kier alpha value is -2.97. The standard InChI is InChI=1S/C20H22N4O3S/c1-2-23-28(26,27)19-10-6-9-18(11-19)20(25)21-12-17-13-22-24(15-17)14-16-7-4-3-5-8-16/h3-11,13,15,23H,2,12,14H2,1H3,(H,21,25). The largest absolute Gasteiger partial charge is 0.348 e. The van der Waals surface area contributed by atoms with Gasteiger partial charge in [0.15, 0.2) is 0 Å². The zero-order valence-corrected chi connectivity index (χ0v) is 16.3. The third kappa shape index (κ3) is 5.05. The molecule has 0 spiro atoms. The summed E-state index contributed by atoms with van der Waals surface area (Å²) in [5.74, 6) is -0.343. The average Bonchev–Trinajstić information content (AvgIpc) is 3.14. The van der Waals surface area contributed by atoms with Crippen molar-refractivity contribution in [1.29, 1.82) is 0 Å². The number of hydrogen-bond donors (Lipinski definition) is 2. The van der Waals surface area contributed by atoms with E-state index in [0.29, 0.717) is 13.1 Å². The van der Waals surface area contributed by atoms with Crippen LogP contribution in [0.25, 0.3) is 0 Å². The third-order valence-corrected chi connectivity index (χ3v) is 5.61. The lowest BCUT2D eigenvalue weighted by Crippen LogP contribution is -2.25. The maximum absolute atomic E-state index is 12.4. The molecule has 0 aliphatic heterocycles. The van der Waals surface area contributed by atoms with E-state index in [4.69, 9.17) is 0 Å². The highest BCUT2D eigenvalue weighted by molar-refractivity contribution is 7.89. The number of hydrogen-bond acceptors (Lipinski definition) is 4. The summed E-state index contributed by atoms with van der Waals surface area (Å²) in [5.41, 5.74) is 2.29. The quantitative estimate of drug-likeness (QED) is 0.608. The Kier molecular flexibility index (Phi) is 6.23. The fourth-order valence-corrected chi connectivity index (χ4v) is 3.80. The van der Waals surface area contributed by atoms with Crippen molar-refractivity contribution in [2.45, 2.75) is 24.9 Å². The zero-order valence-electron chi connectivity index (χ0n) is 15.5. The lowest BCUT2D eigenvalue weighted by atomic mass is 10.2. The van der Waals surface area contributed by atoms with Crippen LogP contribution in [-0.2, 0) is 23.1 Å². The number of carbonyl (C=O) groups is 1. The third-order valence-electron chi connectivity index (χ3n) is 4.07. The van der Waals surface area contributed by atoms with Crippen molar-refractivity contribution >= 4 is 15.9 Å². The number of amides is 1. The Balaban J connectivity index is 1.62. The van der Waals surface area contributed by atoms with Gasteiger partial charge in [0.2, 0.25) is 10.0 Å². The van der Waals surface area contributed by atoms with Gasteiger partial charge in [0.1, 0.15) is 0 Å². The summed E-state index contributed by atoms with van der Waals surface area (Å²) < 4.78 is 28.4. The van der Waals surface area contributed by atoms with Gasteiger partial charge >= 0.3 is 0 Å². The molecular formula is C20H22N4O3S. The second-order valence-electron chi connectivity index (χ2n) is 6.24. The monoisotopic (exact) mass is 398 g/mol. The van der Waals surface area contributed by atoms with Gasteiger partial charge in [-0.1, -0.05) is 43.3 Å². The van der Waals surface area contributed by atoms with E-state index < -0.39 is 10.0 Å². The van der Waals surface area contributed by atoms with Gasteiger partial charge in [-0.25, -0.2) is 13.1 Å². The molecule has 0 aliphatic rings. The number of benzene rings is 2. The molecule has 1 amide bonds. The summed E-state index contributed by atoms with van der Waals surface area (Å²) in [7, 11) is -3.60. The first-order chi connectivity index (χ1) is 13.5. The molecule has 0 radical (unpaired) electrons. The molecule has 0 fully saturated rings. The molecule has 0 bridgehead atoms. The van der Waals surface area contributed by atoms with Crippen molar-refractivity contribution in [2.75, 3.05) is 6.54 Å². The fourth-order valence-electron chi connectivity index (χ4n) is 2.72. The maximum Gasteiger partial charge on any atom is 0.251 e. The van der Waals surface area contributed by atoms with Crippen molar-refractivity contribution in [2.24, 2.45) is 0 Å². The number of aromatic nitrogens is 2. The summed E-state index contributed by atoms with van der Waals surface area (Å²) in [4.78, 5) is 12.5. The fraction of sp³-hybridized carbons (Fsp3) is 0.200. The van der Waals surface area contributed by atoms with Crippen LogP contribution in [0.5, 0.6) is 0 Å². The molecule has 3 rings (SSSR count). The van der Waals surface area contributed by atoms with Gasteiger partial charge in [-0.15, -0.1) is 0 Å². The van der Waals surface area contributed by atoms with Crippen LogP contribution < -0.4 is 10.0 Å². The summed E-state index contributed by atoms with van der Waals surface area (Å²) in [5, 5.41) is 7.10. The molecule has 2 N–H and O–H groups in total. The first kappa shape index (κ1) is 19.8. The summed E-state index contributed by atoms with van der Waals surface area (Å²) in [6, 6.07) is 15.9. The summed E-state index contributed by atoms with van der Waals surface area (Å²) in [6.07, 6.45) is 3.58. The minimum atomic E-state index is -3.60. The van der Waals surface area contributed by atoms with Gasteiger partial charge in [-0.3, -0.25) is 9.48 Å². The predicted molar refractivity (Wildman–Crippen MR) is 106 cm³/mol. The topological polar surface area (TPSA) is 93.1 Å². The number of sulfonamides is 1. The second-order valence-corrected chi connectivity index (χ2v) is 8.01. The Bertz CT molecular complexity index is 1050. The first-order valence-electron chi connectivity index (χ1n) is 8.91. The van der Waals surface area contributed by atoms with E-state index in [1.165, 1.54) is 12.1 Å². The molecule has 0 aliphatic carbocycles. The van der Waals surface area contributed by atoms with Crippen LogP contribution in [0.2, 0.25) is 0 Å². The van der Waals surface area contributed by atoms with Crippen LogP contribution in [0.3, 0.4) is 0 Å². The minimum Gasteiger partial charge on any atom is -0.348 e. The summed E-state index contributed by atoms with van der Waals surface area (Å²) in [6.45, 7) is 2.94. The molecule has 1 heterocycles. The molecule has 0 unspecified atom stereocenters. The van der Waals surface area contributed by atoms with Crippen LogP contribution >= 0.6 is 0 Å². The van der Waals surface area contributed by atoms with E-state index in [2.05, 4.69) is 15.1 Å². The van der Waals surface area contributed by atoms with E-state index in [1.54, 1.807) is 29.9 Å². The molecule has 0 atom stereocenters. The van der Waals surface area contributed by atoms with Gasteiger partial charge in [-0.05, 0) is 23.8 Å². The molecule has 3 aromatic rings. The molecule has 7 nitrogen and oxygen atoms in total. The number of nitrogens with zero attached hydrogens (tertiary/aromatic N) is 2. The highest BCUT2D eigenvalue weighted by Crippen LogP contribution is 2.12. The summed E-state index contributed by atoms with van der Waals surface area (Å²) >= 11 is 0. The van der Waals surface area contributed by atoms with E-state index in [-0.39, 0.29) is 22.9 Å². The van der Waals surface area contributed by atoms with Crippen molar-refractivity contribution in [3.8, 4) is 0 Å². The zero-order chi connectivity index (χ0) is 20.0. The Morgan fingerprint density at radius 2 is 1.86 bits per heavy atom. The van der Waals surface area contributed by atoms with Gasteiger partial charge in [0.05, 0.1) is 17.6 Å². The van der Waals surface area contributed by atoms with Crippen molar-refractivity contribution in [1.82, 2.24) is 19.8 Å². The molecular weight excluding hydrogens is 376 g/mol. The molecule has 2 aromatic carbocycles. The van der Waals surface area contributed by atoms with Crippen molar-refractivity contribution in [3.63, 3.8) is 0 Å². The van der Waals surface area contributed by atoms with E-state index >= 15 is 0 Å². The van der Waals surface area contributed by atoms with Gasteiger partial charge < -0.3 is 5.32 Å². The van der Waals surface area contributed by atoms with Gasteiger partial charge in [-0.2, -0.15) is 5.10 Å². The molecule has 0 saturated carbocycles. The number of nitrogens with one attached hydrogen (secondary N) is 2. The lowest BCUT2D eigenvalue weighted by Gasteiger charge is -2.07. The molecule has 146 valence electrons. The molecule has 8 heteroatoms. The van der Waals surface area contributed by atoms with E-state index in [9.17, 15) is 13.2 Å². The Morgan fingerprint density at radius 3 is 2.61 bits per heavy atom. The van der Waals surface area contributed by atoms with Crippen LogP contribution in [0.4, 0.5) is 0 Å². The van der Waals surface area contributed by atoms with Crippen LogP contribution in [0, 0.1) is 0 Å². The minimum absolute atomic E-state index is 0.0673. The smallest absolute Gasteiger partial charge is 0.251 e. The van der Waals surface area contributed by atoms with Crippen molar-refractivity contribution in [3.05, 3.63) is 83.7 Å².